The summed E-state index contributed by atoms with van der Waals surface area (Å²) in [5.74, 6) is 1.48. The van der Waals surface area contributed by atoms with Crippen molar-refractivity contribution >= 4 is 11.3 Å². The molecule has 1 saturated carbocycles. The second-order valence-corrected chi connectivity index (χ2v) is 7.29. The van der Waals surface area contributed by atoms with Crippen molar-refractivity contribution in [2.75, 3.05) is 19.8 Å². The van der Waals surface area contributed by atoms with E-state index in [9.17, 15) is 0 Å². The van der Waals surface area contributed by atoms with E-state index < -0.39 is 0 Å². The normalized spacial score (nSPS) is 17.9. The quantitative estimate of drug-likeness (QED) is 0.671. The fraction of sp³-hybridized carbons (Fsp3) is 0.765. The molecule has 1 atom stereocenters. The highest BCUT2D eigenvalue weighted by atomic mass is 32.1. The Morgan fingerprint density at radius 3 is 2.80 bits per heavy atom. The van der Waals surface area contributed by atoms with Crippen molar-refractivity contribution in [3.63, 3.8) is 0 Å². The number of hydrogen-bond acceptors (Lipinski definition) is 3. The molecule has 20 heavy (non-hydrogen) atoms. The lowest BCUT2D eigenvalue weighted by molar-refractivity contribution is 0.107. The monoisotopic (exact) mass is 295 g/mol. The Morgan fingerprint density at radius 2 is 2.15 bits per heavy atom. The summed E-state index contributed by atoms with van der Waals surface area (Å²) in [6, 6.07) is 5.04. The van der Waals surface area contributed by atoms with Crippen LogP contribution in [0.3, 0.4) is 0 Å². The highest BCUT2D eigenvalue weighted by Gasteiger charge is 2.26. The maximum Gasteiger partial charge on any atom is 0.0489 e. The fourth-order valence-corrected chi connectivity index (χ4v) is 3.90. The molecule has 0 amide bonds. The van der Waals surface area contributed by atoms with Crippen LogP contribution in [0.1, 0.15) is 56.9 Å². The first-order valence-corrected chi connectivity index (χ1v) is 9.00. The molecule has 0 radical (unpaired) electrons. The van der Waals surface area contributed by atoms with Crippen molar-refractivity contribution in [2.24, 2.45) is 11.8 Å². The summed E-state index contributed by atoms with van der Waals surface area (Å²) in [5.41, 5.74) is 0. The van der Waals surface area contributed by atoms with E-state index in [2.05, 4.69) is 36.7 Å². The van der Waals surface area contributed by atoms with Crippen LogP contribution in [0, 0.1) is 11.8 Å². The standard InChI is InChI=1S/C17H29NOS/c1-14(2)13-19-11-6-10-18-17(15-7-3-4-8-15)16-9-5-12-20-16/h5,9,12,14-15,17-18H,3-4,6-8,10-11,13H2,1-2H3. The van der Waals surface area contributed by atoms with Gasteiger partial charge in [-0.15, -0.1) is 11.3 Å². The highest BCUT2D eigenvalue weighted by Crippen LogP contribution is 2.37. The summed E-state index contributed by atoms with van der Waals surface area (Å²) in [7, 11) is 0. The van der Waals surface area contributed by atoms with Gasteiger partial charge in [0.1, 0.15) is 0 Å². The lowest BCUT2D eigenvalue weighted by Crippen LogP contribution is -2.28. The van der Waals surface area contributed by atoms with Crippen LogP contribution in [0.5, 0.6) is 0 Å². The first-order chi connectivity index (χ1) is 9.77. The van der Waals surface area contributed by atoms with Gasteiger partial charge >= 0.3 is 0 Å². The second-order valence-electron chi connectivity index (χ2n) is 6.31. The molecule has 0 aliphatic heterocycles. The molecule has 1 aliphatic rings. The van der Waals surface area contributed by atoms with Crippen molar-refractivity contribution in [3.8, 4) is 0 Å². The largest absolute Gasteiger partial charge is 0.381 e. The number of ether oxygens (including phenoxy) is 1. The van der Waals surface area contributed by atoms with Crippen molar-refractivity contribution in [1.82, 2.24) is 5.32 Å². The van der Waals surface area contributed by atoms with E-state index in [1.165, 1.54) is 30.6 Å². The van der Waals surface area contributed by atoms with E-state index in [0.717, 1.165) is 32.1 Å². The number of thiophene rings is 1. The Kier molecular flexibility index (Phi) is 7.05. The first kappa shape index (κ1) is 16.0. The highest BCUT2D eigenvalue weighted by molar-refractivity contribution is 7.10. The Balaban J connectivity index is 1.71. The van der Waals surface area contributed by atoms with Gasteiger partial charge in [-0.25, -0.2) is 0 Å². The minimum atomic E-state index is 0.572. The fourth-order valence-electron chi connectivity index (χ4n) is 3.01. The topological polar surface area (TPSA) is 21.3 Å². The number of rotatable bonds is 9. The van der Waals surface area contributed by atoms with Crippen molar-refractivity contribution in [3.05, 3.63) is 22.4 Å². The predicted octanol–water partition coefficient (Wildman–Crippen LogP) is 4.63. The smallest absolute Gasteiger partial charge is 0.0489 e. The number of nitrogens with one attached hydrogen (secondary N) is 1. The molecule has 1 fully saturated rings. The average Bonchev–Trinajstić information content (AvgIpc) is 3.10. The van der Waals surface area contributed by atoms with Gasteiger partial charge < -0.3 is 10.1 Å². The van der Waals surface area contributed by atoms with Crippen molar-refractivity contribution < 1.29 is 4.74 Å². The van der Waals surface area contributed by atoms with Crippen LogP contribution in [0.2, 0.25) is 0 Å². The van der Waals surface area contributed by atoms with Gasteiger partial charge in [-0.1, -0.05) is 32.8 Å². The summed E-state index contributed by atoms with van der Waals surface area (Å²) < 4.78 is 5.66. The van der Waals surface area contributed by atoms with Crippen LogP contribution in [0.15, 0.2) is 17.5 Å². The van der Waals surface area contributed by atoms with Crippen LogP contribution < -0.4 is 5.32 Å². The summed E-state index contributed by atoms with van der Waals surface area (Å²) in [4.78, 5) is 1.51. The van der Waals surface area contributed by atoms with Gasteiger partial charge in [-0.05, 0) is 49.1 Å². The molecule has 1 aromatic rings. The minimum Gasteiger partial charge on any atom is -0.381 e. The van der Waals surface area contributed by atoms with E-state index in [-0.39, 0.29) is 0 Å². The minimum absolute atomic E-state index is 0.572. The predicted molar refractivity (Wildman–Crippen MR) is 87.3 cm³/mol. The molecular formula is C17H29NOS. The van der Waals surface area contributed by atoms with Crippen LogP contribution in [-0.4, -0.2) is 19.8 Å². The van der Waals surface area contributed by atoms with E-state index in [4.69, 9.17) is 4.74 Å². The van der Waals surface area contributed by atoms with Gasteiger partial charge in [0.25, 0.3) is 0 Å². The van der Waals surface area contributed by atoms with Crippen LogP contribution in [0.4, 0.5) is 0 Å². The average molecular weight is 295 g/mol. The maximum atomic E-state index is 5.66. The van der Waals surface area contributed by atoms with Crippen molar-refractivity contribution in [2.45, 2.75) is 52.0 Å². The van der Waals surface area contributed by atoms with Gasteiger partial charge in [0.2, 0.25) is 0 Å². The summed E-state index contributed by atoms with van der Waals surface area (Å²) in [6.45, 7) is 7.23. The van der Waals surface area contributed by atoms with Crippen LogP contribution >= 0.6 is 11.3 Å². The third-order valence-electron chi connectivity index (χ3n) is 4.00. The van der Waals surface area contributed by atoms with Crippen molar-refractivity contribution in [1.29, 1.82) is 0 Å². The lowest BCUT2D eigenvalue weighted by atomic mass is 9.96. The molecule has 1 unspecified atom stereocenters. The molecule has 0 spiro atoms. The second kappa shape index (κ2) is 8.81. The molecule has 1 heterocycles. The molecular weight excluding hydrogens is 266 g/mol. The Labute approximate surface area is 127 Å². The molecule has 1 aliphatic carbocycles. The molecule has 0 bridgehead atoms. The third-order valence-corrected chi connectivity index (χ3v) is 4.96. The Morgan fingerprint density at radius 1 is 1.35 bits per heavy atom. The zero-order valence-corrected chi connectivity index (χ0v) is 13.8. The first-order valence-electron chi connectivity index (χ1n) is 8.12. The zero-order chi connectivity index (χ0) is 14.2. The third kappa shape index (κ3) is 5.19. The van der Waals surface area contributed by atoms with Crippen LogP contribution in [-0.2, 0) is 4.74 Å². The molecule has 114 valence electrons. The molecule has 3 heteroatoms. The lowest BCUT2D eigenvalue weighted by Gasteiger charge is -2.24. The van der Waals surface area contributed by atoms with E-state index in [0.29, 0.717) is 12.0 Å². The Hall–Kier alpha value is -0.380. The molecule has 2 rings (SSSR count). The zero-order valence-electron chi connectivity index (χ0n) is 12.9. The molecule has 1 N–H and O–H groups in total. The molecule has 1 aromatic heterocycles. The molecule has 0 aromatic carbocycles. The molecule has 0 saturated heterocycles. The van der Waals surface area contributed by atoms with E-state index in [1.807, 2.05) is 11.3 Å². The van der Waals surface area contributed by atoms with E-state index in [1.54, 1.807) is 0 Å². The summed E-state index contributed by atoms with van der Waals surface area (Å²) in [6.07, 6.45) is 6.71. The van der Waals surface area contributed by atoms with Crippen LogP contribution in [0.25, 0.3) is 0 Å². The molecule has 2 nitrogen and oxygen atoms in total. The SMILES string of the molecule is CC(C)COCCCNC(c1cccs1)C1CCCC1. The maximum absolute atomic E-state index is 5.66. The van der Waals surface area contributed by atoms with Gasteiger partial charge in [0.05, 0.1) is 0 Å². The van der Waals surface area contributed by atoms with Gasteiger partial charge in [0.15, 0.2) is 0 Å². The summed E-state index contributed by atoms with van der Waals surface area (Å²) >= 11 is 1.90. The van der Waals surface area contributed by atoms with Gasteiger partial charge in [-0.2, -0.15) is 0 Å². The van der Waals surface area contributed by atoms with Gasteiger partial charge in [0, 0.05) is 24.1 Å². The van der Waals surface area contributed by atoms with E-state index >= 15 is 0 Å². The summed E-state index contributed by atoms with van der Waals surface area (Å²) in [5, 5.41) is 5.98. The Bertz CT molecular complexity index is 344. The van der Waals surface area contributed by atoms with Gasteiger partial charge in [-0.3, -0.25) is 0 Å². The number of hydrogen-bond donors (Lipinski definition) is 1.